The van der Waals surface area contributed by atoms with Gasteiger partial charge in [0, 0.05) is 11.3 Å². The monoisotopic (exact) mass is 230 g/mol. The third kappa shape index (κ3) is 2.38. The Hall–Kier alpha value is -1.64. The molecule has 3 nitrogen and oxygen atoms in total. The zero-order chi connectivity index (χ0) is 12.4. The number of oxazole rings is 1. The van der Waals surface area contributed by atoms with Crippen molar-refractivity contribution in [3.63, 3.8) is 0 Å². The van der Waals surface area contributed by atoms with Gasteiger partial charge in [0.15, 0.2) is 6.39 Å². The molecule has 2 aromatic rings. The minimum Gasteiger partial charge on any atom is -0.451 e. The minimum atomic E-state index is 0.375. The van der Waals surface area contributed by atoms with E-state index >= 15 is 0 Å². The van der Waals surface area contributed by atoms with E-state index < -0.39 is 0 Å². The Morgan fingerprint density at radius 2 is 1.82 bits per heavy atom. The summed E-state index contributed by atoms with van der Waals surface area (Å²) in [6, 6.07) is 4.16. The van der Waals surface area contributed by atoms with Gasteiger partial charge < -0.3 is 4.42 Å². The van der Waals surface area contributed by atoms with E-state index in [1.807, 2.05) is 0 Å². The van der Waals surface area contributed by atoms with Crippen molar-refractivity contribution in [2.45, 2.75) is 39.5 Å². The molecule has 0 aromatic carbocycles. The van der Waals surface area contributed by atoms with Crippen LogP contribution in [0.4, 0.5) is 0 Å². The molecule has 0 atom stereocenters. The zero-order valence-electron chi connectivity index (χ0n) is 10.8. The predicted molar refractivity (Wildman–Crippen MR) is 67.9 cm³/mol. The molecule has 90 valence electrons. The number of aromatic nitrogens is 2. The lowest BCUT2D eigenvalue weighted by Crippen LogP contribution is -2.02. The van der Waals surface area contributed by atoms with Crippen LogP contribution in [0.15, 0.2) is 29.2 Å². The van der Waals surface area contributed by atoms with Gasteiger partial charge in [-0.15, -0.1) is 0 Å². The molecule has 0 bridgehead atoms. The standard InChI is InChI=1S/C14H18N2O/c1-9(2)12-6-5-11(13-7-17-8-15-13)14(16-12)10(3)4/h5-10H,1-4H3. The SMILES string of the molecule is CC(C)c1ccc(-c2cocn2)c(C(C)C)n1. The van der Waals surface area contributed by atoms with E-state index in [0.29, 0.717) is 11.8 Å². The molecule has 3 heteroatoms. The summed E-state index contributed by atoms with van der Waals surface area (Å²) in [6.45, 7) is 8.61. The Morgan fingerprint density at radius 1 is 1.06 bits per heavy atom. The van der Waals surface area contributed by atoms with Gasteiger partial charge in [0.05, 0.1) is 5.69 Å². The zero-order valence-corrected chi connectivity index (χ0v) is 10.8. The molecule has 0 fully saturated rings. The molecule has 0 amide bonds. The second-order valence-electron chi connectivity index (χ2n) is 4.85. The van der Waals surface area contributed by atoms with Crippen LogP contribution in [0.5, 0.6) is 0 Å². The quantitative estimate of drug-likeness (QED) is 0.800. The van der Waals surface area contributed by atoms with Gasteiger partial charge in [0.1, 0.15) is 12.0 Å². The van der Waals surface area contributed by atoms with E-state index in [0.717, 1.165) is 22.6 Å². The lowest BCUT2D eigenvalue weighted by atomic mass is 9.99. The van der Waals surface area contributed by atoms with Crippen LogP contribution in [-0.2, 0) is 0 Å². The lowest BCUT2D eigenvalue weighted by molar-refractivity contribution is 0.558. The molecule has 17 heavy (non-hydrogen) atoms. The molecular formula is C14H18N2O. The highest BCUT2D eigenvalue weighted by atomic mass is 16.3. The molecule has 0 aliphatic heterocycles. The van der Waals surface area contributed by atoms with Gasteiger partial charge in [0.2, 0.25) is 0 Å². The smallest absolute Gasteiger partial charge is 0.181 e. The van der Waals surface area contributed by atoms with Crippen LogP contribution in [0.3, 0.4) is 0 Å². The average Bonchev–Trinajstić information content (AvgIpc) is 2.81. The van der Waals surface area contributed by atoms with Crippen molar-refractivity contribution in [1.82, 2.24) is 9.97 Å². The second kappa shape index (κ2) is 4.70. The molecule has 2 heterocycles. The van der Waals surface area contributed by atoms with Gasteiger partial charge in [0.25, 0.3) is 0 Å². The summed E-state index contributed by atoms with van der Waals surface area (Å²) < 4.78 is 5.04. The number of hydrogen-bond donors (Lipinski definition) is 0. The maximum Gasteiger partial charge on any atom is 0.181 e. The van der Waals surface area contributed by atoms with E-state index in [1.54, 1.807) is 6.26 Å². The van der Waals surface area contributed by atoms with Gasteiger partial charge in [-0.1, -0.05) is 27.7 Å². The Labute approximate surface area is 102 Å². The summed E-state index contributed by atoms with van der Waals surface area (Å²) in [6.07, 6.45) is 3.12. The fraction of sp³-hybridized carbons (Fsp3) is 0.429. The summed E-state index contributed by atoms with van der Waals surface area (Å²) >= 11 is 0. The minimum absolute atomic E-state index is 0.375. The van der Waals surface area contributed by atoms with Gasteiger partial charge in [-0.2, -0.15) is 0 Å². The van der Waals surface area contributed by atoms with Crippen LogP contribution >= 0.6 is 0 Å². The average molecular weight is 230 g/mol. The van der Waals surface area contributed by atoms with Crippen molar-refractivity contribution in [3.05, 3.63) is 36.2 Å². The van der Waals surface area contributed by atoms with Crippen molar-refractivity contribution in [3.8, 4) is 11.3 Å². The predicted octanol–water partition coefficient (Wildman–Crippen LogP) is 3.98. The highest BCUT2D eigenvalue weighted by Crippen LogP contribution is 2.28. The Kier molecular flexibility index (Phi) is 3.27. The first-order valence-electron chi connectivity index (χ1n) is 5.99. The van der Waals surface area contributed by atoms with Crippen LogP contribution in [0, 0.1) is 0 Å². The first-order chi connectivity index (χ1) is 8.09. The van der Waals surface area contributed by atoms with E-state index in [9.17, 15) is 0 Å². The van der Waals surface area contributed by atoms with Crippen molar-refractivity contribution in [1.29, 1.82) is 0 Å². The molecule has 0 radical (unpaired) electrons. The lowest BCUT2D eigenvalue weighted by Gasteiger charge is -2.13. The third-order valence-electron chi connectivity index (χ3n) is 2.79. The maximum atomic E-state index is 5.04. The topological polar surface area (TPSA) is 38.9 Å². The fourth-order valence-electron chi connectivity index (χ4n) is 1.81. The fourth-order valence-corrected chi connectivity index (χ4v) is 1.81. The summed E-state index contributed by atoms with van der Waals surface area (Å²) in [5.74, 6) is 0.819. The number of pyridine rings is 1. The third-order valence-corrected chi connectivity index (χ3v) is 2.79. The molecule has 0 aliphatic carbocycles. The molecule has 0 aliphatic rings. The molecule has 0 saturated carbocycles. The summed E-state index contributed by atoms with van der Waals surface area (Å²) in [5, 5.41) is 0. The van der Waals surface area contributed by atoms with Crippen LogP contribution in [-0.4, -0.2) is 9.97 Å². The number of rotatable bonds is 3. The van der Waals surface area contributed by atoms with Crippen molar-refractivity contribution < 1.29 is 4.42 Å². The normalized spacial score (nSPS) is 11.4. The van der Waals surface area contributed by atoms with Crippen molar-refractivity contribution in [2.24, 2.45) is 0 Å². The highest BCUT2D eigenvalue weighted by Gasteiger charge is 2.14. The molecule has 2 aromatic heterocycles. The molecule has 0 unspecified atom stereocenters. The summed E-state index contributed by atoms with van der Waals surface area (Å²) in [4.78, 5) is 8.94. The van der Waals surface area contributed by atoms with Crippen LogP contribution in [0.1, 0.15) is 50.9 Å². The summed E-state index contributed by atoms with van der Waals surface area (Å²) in [7, 11) is 0. The van der Waals surface area contributed by atoms with Crippen molar-refractivity contribution >= 4 is 0 Å². The first kappa shape index (κ1) is 11.8. The Morgan fingerprint density at radius 3 is 2.35 bits per heavy atom. The van der Waals surface area contributed by atoms with E-state index in [4.69, 9.17) is 9.40 Å². The second-order valence-corrected chi connectivity index (χ2v) is 4.85. The van der Waals surface area contributed by atoms with E-state index in [2.05, 4.69) is 44.8 Å². The molecule has 0 saturated heterocycles. The maximum absolute atomic E-state index is 5.04. The number of nitrogens with zero attached hydrogens (tertiary/aromatic N) is 2. The van der Waals surface area contributed by atoms with Gasteiger partial charge in [-0.25, -0.2) is 4.98 Å². The van der Waals surface area contributed by atoms with Crippen LogP contribution < -0.4 is 0 Å². The van der Waals surface area contributed by atoms with E-state index in [1.165, 1.54) is 6.39 Å². The van der Waals surface area contributed by atoms with E-state index in [-0.39, 0.29) is 0 Å². The van der Waals surface area contributed by atoms with Gasteiger partial charge >= 0.3 is 0 Å². The van der Waals surface area contributed by atoms with Crippen LogP contribution in [0.2, 0.25) is 0 Å². The van der Waals surface area contributed by atoms with Gasteiger partial charge in [-0.05, 0) is 24.0 Å². The van der Waals surface area contributed by atoms with Crippen molar-refractivity contribution in [2.75, 3.05) is 0 Å². The molecule has 0 spiro atoms. The Balaban J connectivity index is 2.53. The van der Waals surface area contributed by atoms with Crippen LogP contribution in [0.25, 0.3) is 11.3 Å². The molecule has 2 rings (SSSR count). The Bertz CT molecular complexity index is 487. The highest BCUT2D eigenvalue weighted by molar-refractivity contribution is 5.61. The first-order valence-corrected chi connectivity index (χ1v) is 5.99. The van der Waals surface area contributed by atoms with Gasteiger partial charge in [-0.3, -0.25) is 4.98 Å². The largest absolute Gasteiger partial charge is 0.451 e. The number of hydrogen-bond acceptors (Lipinski definition) is 3. The molecular weight excluding hydrogens is 212 g/mol. The molecule has 0 N–H and O–H groups in total. The summed E-state index contributed by atoms with van der Waals surface area (Å²) in [5.41, 5.74) is 4.14.